The van der Waals surface area contributed by atoms with Gasteiger partial charge in [-0.1, -0.05) is 0 Å². The van der Waals surface area contributed by atoms with Gasteiger partial charge < -0.3 is 35.5 Å². The van der Waals surface area contributed by atoms with E-state index in [1.165, 1.54) is 6.26 Å². The molecule has 0 aliphatic heterocycles. The van der Waals surface area contributed by atoms with Crippen molar-refractivity contribution < 1.29 is 39.2 Å². The van der Waals surface area contributed by atoms with Gasteiger partial charge in [0.05, 0.1) is 18.1 Å². The molecule has 5 rings (SSSR count). The van der Waals surface area contributed by atoms with Crippen molar-refractivity contribution in [2.24, 2.45) is 17.6 Å². The molecule has 1 fully saturated rings. The lowest BCUT2D eigenvalue weighted by Crippen LogP contribution is -2.58. The number of ketones is 2. The lowest BCUT2D eigenvalue weighted by molar-refractivity contribution is -0.147. The Bertz CT molecular complexity index is 1390. The number of aliphatic hydroxyl groups excluding tert-OH is 2. The summed E-state index contributed by atoms with van der Waals surface area (Å²) in [6.45, 7) is 0.337. The molecule has 3 unspecified atom stereocenters. The molecule has 3 aliphatic rings. The number of hydrogen-bond donors (Lipinski definition) is 5. The molecule has 1 amide bonds. The average Bonchev–Trinajstić information content (AvgIpc) is 3.32. The summed E-state index contributed by atoms with van der Waals surface area (Å²) in [5, 5.41) is 44.6. The van der Waals surface area contributed by atoms with Crippen LogP contribution >= 0.6 is 0 Å². The third kappa shape index (κ3) is 3.21. The number of phenols is 1. The molecule has 0 saturated heterocycles. The van der Waals surface area contributed by atoms with Crippen molar-refractivity contribution >= 4 is 23.2 Å². The topological polar surface area (TPSA) is 175 Å². The first-order valence-corrected chi connectivity index (χ1v) is 11.5. The van der Waals surface area contributed by atoms with Crippen molar-refractivity contribution in [3.63, 3.8) is 0 Å². The first-order chi connectivity index (χ1) is 17.0. The second kappa shape index (κ2) is 8.07. The Labute approximate surface area is 205 Å². The van der Waals surface area contributed by atoms with Crippen LogP contribution in [0, 0.1) is 11.8 Å². The smallest absolute Gasteiger partial charge is 0.255 e. The van der Waals surface area contributed by atoms with Crippen LogP contribution in [0.25, 0.3) is 16.9 Å². The van der Waals surface area contributed by atoms with E-state index in [2.05, 4.69) is 0 Å². The maximum atomic E-state index is 13.7. The van der Waals surface area contributed by atoms with Crippen molar-refractivity contribution in [3.8, 4) is 16.9 Å². The predicted molar refractivity (Wildman–Crippen MR) is 126 cm³/mol. The van der Waals surface area contributed by atoms with Crippen LogP contribution < -0.4 is 5.73 Å². The van der Waals surface area contributed by atoms with Crippen LogP contribution in [0.3, 0.4) is 0 Å². The summed E-state index contributed by atoms with van der Waals surface area (Å²) in [6.07, 6.45) is 3.00. The molecule has 2 aromatic rings. The number of nitrogens with two attached hydrogens (primary N) is 1. The Morgan fingerprint density at radius 3 is 2.56 bits per heavy atom. The minimum absolute atomic E-state index is 0.0673. The third-order valence-electron chi connectivity index (χ3n) is 7.46. The fourth-order valence-corrected chi connectivity index (χ4v) is 5.88. The van der Waals surface area contributed by atoms with Crippen molar-refractivity contribution in [2.75, 3.05) is 14.1 Å². The van der Waals surface area contributed by atoms with Crippen LogP contribution in [0.2, 0.25) is 0 Å². The molecule has 0 spiro atoms. The minimum Gasteiger partial charge on any atom is -0.508 e. The molecule has 1 aromatic heterocycles. The standard InChI is InChI=1S/C26H26N2O8/c1-28(2)9-13-7-15(11-3-4-36-10-11)16-6-12-5-14-8-17(29)20(25(27)34)24(33)26(14,35)23(32)18(12)22(31)19(16)21(13)30/h3-4,7,10,12,14,30-31,33,35H,5-6,8-9H2,1-2H3,(H2,27,34). The van der Waals surface area contributed by atoms with Crippen LogP contribution in [0.1, 0.15) is 29.5 Å². The van der Waals surface area contributed by atoms with Crippen molar-refractivity contribution in [1.29, 1.82) is 0 Å². The van der Waals surface area contributed by atoms with Gasteiger partial charge in [-0.05, 0) is 56.1 Å². The van der Waals surface area contributed by atoms with E-state index in [9.17, 15) is 34.8 Å². The van der Waals surface area contributed by atoms with Gasteiger partial charge in [-0.2, -0.15) is 0 Å². The number of aromatic hydroxyl groups is 1. The normalized spacial score (nSPS) is 25.7. The summed E-state index contributed by atoms with van der Waals surface area (Å²) in [5.74, 6) is -6.42. The van der Waals surface area contributed by atoms with Gasteiger partial charge in [0, 0.05) is 35.6 Å². The SMILES string of the molecule is CN(C)Cc1cc(-c2ccoc2)c2c(c1O)C(O)=C1C(=O)C3(O)C(O)=C(C(N)=O)C(=O)CC3CC1C2. The summed E-state index contributed by atoms with van der Waals surface area (Å²) in [6, 6.07) is 3.57. The summed E-state index contributed by atoms with van der Waals surface area (Å²) in [7, 11) is 3.64. The highest BCUT2D eigenvalue weighted by Gasteiger charge is 2.60. The van der Waals surface area contributed by atoms with Crippen LogP contribution in [0.15, 0.2) is 46.0 Å². The van der Waals surface area contributed by atoms with E-state index in [-0.39, 0.29) is 36.1 Å². The summed E-state index contributed by atoms with van der Waals surface area (Å²) >= 11 is 0. The molecule has 0 radical (unpaired) electrons. The number of fused-ring (bicyclic) bond motifs is 3. The molecule has 6 N–H and O–H groups in total. The molecule has 3 atom stereocenters. The maximum Gasteiger partial charge on any atom is 0.255 e. The molecule has 1 aromatic carbocycles. The Hall–Kier alpha value is -3.89. The number of rotatable bonds is 4. The van der Waals surface area contributed by atoms with Gasteiger partial charge in [0.1, 0.15) is 22.8 Å². The predicted octanol–water partition coefficient (Wildman–Crippen LogP) is 1.75. The lowest BCUT2D eigenvalue weighted by atomic mass is 9.59. The number of carbonyl (C=O) groups is 3. The molecular weight excluding hydrogens is 468 g/mol. The minimum atomic E-state index is -2.58. The molecule has 1 saturated carbocycles. The van der Waals surface area contributed by atoms with Crippen LogP contribution in [0.4, 0.5) is 0 Å². The number of hydrogen-bond acceptors (Lipinski definition) is 9. The van der Waals surface area contributed by atoms with Gasteiger partial charge in [-0.3, -0.25) is 14.4 Å². The van der Waals surface area contributed by atoms with E-state index in [0.29, 0.717) is 23.2 Å². The van der Waals surface area contributed by atoms with E-state index in [0.717, 1.165) is 5.56 Å². The number of carbonyl (C=O) groups excluding carboxylic acids is 3. The zero-order valence-corrected chi connectivity index (χ0v) is 19.7. The lowest BCUT2D eigenvalue weighted by Gasteiger charge is -2.46. The molecule has 36 heavy (non-hydrogen) atoms. The van der Waals surface area contributed by atoms with Crippen LogP contribution in [-0.2, 0) is 27.3 Å². The molecule has 3 aliphatic carbocycles. The highest BCUT2D eigenvalue weighted by molar-refractivity contribution is 6.22. The summed E-state index contributed by atoms with van der Waals surface area (Å²) in [5.41, 5.74) is 4.27. The first kappa shape index (κ1) is 23.8. The quantitative estimate of drug-likeness (QED) is 0.397. The highest BCUT2D eigenvalue weighted by atomic mass is 16.3. The highest BCUT2D eigenvalue weighted by Crippen LogP contribution is 2.53. The Kier molecular flexibility index (Phi) is 5.34. The Balaban J connectivity index is 1.75. The fraction of sp³-hybridized carbons (Fsp3) is 0.346. The van der Waals surface area contributed by atoms with Crippen LogP contribution in [-0.4, -0.2) is 62.5 Å². The van der Waals surface area contributed by atoms with Crippen molar-refractivity contribution in [2.45, 2.75) is 31.4 Å². The Morgan fingerprint density at radius 2 is 1.94 bits per heavy atom. The number of amides is 1. The number of nitrogens with zero attached hydrogens (tertiary/aromatic N) is 1. The number of benzene rings is 1. The van der Waals surface area contributed by atoms with Gasteiger partial charge in [-0.15, -0.1) is 0 Å². The van der Waals surface area contributed by atoms with Gasteiger partial charge in [0.2, 0.25) is 5.78 Å². The number of primary amides is 1. The number of phenolic OH excluding ortho intramolecular Hbond substituents is 1. The van der Waals surface area contributed by atoms with Gasteiger partial charge in [0.15, 0.2) is 11.4 Å². The summed E-state index contributed by atoms with van der Waals surface area (Å²) < 4.78 is 5.26. The molecule has 10 nitrogen and oxygen atoms in total. The molecular formula is C26H26N2O8. The maximum absolute atomic E-state index is 13.7. The second-order valence-corrected chi connectivity index (χ2v) is 9.94. The zero-order chi connectivity index (χ0) is 26.1. The van der Waals surface area contributed by atoms with Crippen molar-refractivity contribution in [1.82, 2.24) is 4.90 Å². The van der Waals surface area contributed by atoms with E-state index in [4.69, 9.17) is 10.2 Å². The van der Waals surface area contributed by atoms with E-state index < -0.39 is 52.0 Å². The number of furan rings is 1. The molecule has 188 valence electrons. The zero-order valence-electron chi connectivity index (χ0n) is 19.7. The fourth-order valence-electron chi connectivity index (χ4n) is 5.88. The monoisotopic (exact) mass is 494 g/mol. The van der Waals surface area contributed by atoms with Gasteiger partial charge >= 0.3 is 0 Å². The Morgan fingerprint density at radius 1 is 1.22 bits per heavy atom. The number of aliphatic hydroxyl groups is 3. The van der Waals surface area contributed by atoms with Crippen LogP contribution in [0.5, 0.6) is 5.75 Å². The van der Waals surface area contributed by atoms with Crippen molar-refractivity contribution in [3.05, 3.63) is 58.3 Å². The van der Waals surface area contributed by atoms with E-state index in [1.54, 1.807) is 12.3 Å². The number of Topliss-reactive ketones (excluding diaryl/α,β-unsaturated/α-hetero) is 2. The molecule has 10 heteroatoms. The molecule has 1 heterocycles. The first-order valence-electron chi connectivity index (χ1n) is 11.5. The van der Waals surface area contributed by atoms with Gasteiger partial charge in [-0.25, -0.2) is 0 Å². The third-order valence-corrected chi connectivity index (χ3v) is 7.46. The van der Waals surface area contributed by atoms with Gasteiger partial charge in [0.25, 0.3) is 5.91 Å². The summed E-state index contributed by atoms with van der Waals surface area (Å²) in [4.78, 5) is 39.8. The van der Waals surface area contributed by atoms with E-state index in [1.807, 2.05) is 25.1 Å². The van der Waals surface area contributed by atoms with E-state index >= 15 is 0 Å². The largest absolute Gasteiger partial charge is 0.508 e. The molecule has 0 bridgehead atoms. The average molecular weight is 495 g/mol. The second-order valence-electron chi connectivity index (χ2n) is 9.94.